The van der Waals surface area contributed by atoms with Crippen LogP contribution >= 0.6 is 0 Å². The summed E-state index contributed by atoms with van der Waals surface area (Å²) in [5, 5.41) is 8.72. The number of hydrogen-bond donors (Lipinski definition) is 3. The van der Waals surface area contributed by atoms with Gasteiger partial charge in [0.25, 0.3) is 11.5 Å². The van der Waals surface area contributed by atoms with E-state index in [2.05, 4.69) is 20.6 Å². The van der Waals surface area contributed by atoms with Gasteiger partial charge in [0.2, 0.25) is 0 Å². The van der Waals surface area contributed by atoms with Gasteiger partial charge in [-0.1, -0.05) is 6.07 Å². The lowest BCUT2D eigenvalue weighted by atomic mass is 10.1. The summed E-state index contributed by atoms with van der Waals surface area (Å²) in [5.41, 5.74) is 3.27. The Morgan fingerprint density at radius 2 is 1.88 bits per heavy atom. The van der Waals surface area contributed by atoms with Crippen molar-refractivity contribution in [3.63, 3.8) is 0 Å². The number of aryl methyl sites for hydroxylation is 4. The van der Waals surface area contributed by atoms with Crippen LogP contribution in [-0.4, -0.2) is 32.0 Å². The number of aromatic nitrogens is 4. The number of anilines is 4. The highest BCUT2D eigenvalue weighted by Crippen LogP contribution is 2.30. The van der Waals surface area contributed by atoms with Crippen LogP contribution < -0.4 is 21.5 Å². The molecule has 9 heteroatoms. The molecule has 0 aliphatic heterocycles. The number of nitrogens with zero attached hydrogens (tertiary/aromatic N) is 4. The molecule has 0 aromatic carbocycles. The van der Waals surface area contributed by atoms with Crippen LogP contribution in [-0.2, 0) is 13.6 Å². The normalized spacial score (nSPS) is 12.7. The Balaban J connectivity index is 1.82. The molecule has 9 nitrogen and oxygen atoms in total. The SMILES string of the molecule is [2H]C([2H])([2H])NC(=O)c1cnc(Nc2ccc(C)cn2)cc1Nc1cn(C)c2c(C)cn(CC)c(=O)c12. The van der Waals surface area contributed by atoms with Gasteiger partial charge in [0.15, 0.2) is 0 Å². The second kappa shape index (κ2) is 8.78. The average Bonchev–Trinajstić information content (AvgIpc) is 3.13. The van der Waals surface area contributed by atoms with Crippen molar-refractivity contribution < 1.29 is 8.91 Å². The summed E-state index contributed by atoms with van der Waals surface area (Å²) in [6, 6.07) is 5.26. The van der Waals surface area contributed by atoms with Crippen LogP contribution in [0.5, 0.6) is 0 Å². The molecule has 33 heavy (non-hydrogen) atoms. The molecule has 4 aromatic heterocycles. The van der Waals surface area contributed by atoms with Crippen LogP contribution in [0.3, 0.4) is 0 Å². The first kappa shape index (κ1) is 18.4. The number of pyridine rings is 3. The number of amides is 1. The molecule has 4 heterocycles. The first-order valence-electron chi connectivity index (χ1n) is 11.9. The van der Waals surface area contributed by atoms with Gasteiger partial charge in [0.1, 0.15) is 11.6 Å². The summed E-state index contributed by atoms with van der Waals surface area (Å²) < 4.78 is 25.7. The number of rotatable bonds is 6. The Labute approximate surface area is 195 Å². The number of fused-ring (bicyclic) bond motifs is 1. The molecule has 0 unspecified atom stereocenters. The second-order valence-corrected chi connectivity index (χ2v) is 7.82. The van der Waals surface area contributed by atoms with Crippen LogP contribution in [0.1, 0.15) is 32.5 Å². The lowest BCUT2D eigenvalue weighted by molar-refractivity contribution is 0.0963. The minimum Gasteiger partial charge on any atom is -0.355 e. The molecule has 0 saturated carbocycles. The van der Waals surface area contributed by atoms with E-state index >= 15 is 0 Å². The van der Waals surface area contributed by atoms with E-state index in [4.69, 9.17) is 4.11 Å². The molecule has 1 amide bonds. The fourth-order valence-electron chi connectivity index (χ4n) is 3.84. The molecule has 0 aliphatic carbocycles. The Bertz CT molecular complexity index is 1510. The van der Waals surface area contributed by atoms with E-state index in [1.54, 1.807) is 29.1 Å². The zero-order chi connectivity index (χ0) is 26.2. The molecule has 0 atom stereocenters. The fraction of sp³-hybridized carbons (Fsp3) is 0.250. The van der Waals surface area contributed by atoms with Crippen molar-refractivity contribution in [1.29, 1.82) is 0 Å². The number of carbonyl (C=O) groups is 1. The van der Waals surface area contributed by atoms with Crippen LogP contribution in [0, 0.1) is 13.8 Å². The standard InChI is InChI=1S/C24H27N7O2/c1-6-31-12-15(3)22-21(24(31)33)18(13-30(22)5)28-17-9-20(27-11-16(17)23(32)25-4)29-19-8-7-14(2)10-26-19/h7-13H,6H2,1-5H3,(H,25,32)(H2,26,27,28,29)/i4D3. The smallest absolute Gasteiger partial charge is 0.262 e. The van der Waals surface area contributed by atoms with E-state index in [-0.39, 0.29) is 16.8 Å². The van der Waals surface area contributed by atoms with Crippen molar-refractivity contribution in [2.45, 2.75) is 27.3 Å². The molecule has 0 bridgehead atoms. The predicted octanol–water partition coefficient (Wildman–Crippen LogP) is 3.61. The number of nitrogens with one attached hydrogen (secondary N) is 3. The lowest BCUT2D eigenvalue weighted by Crippen LogP contribution is -2.21. The summed E-state index contributed by atoms with van der Waals surface area (Å²) >= 11 is 0. The Morgan fingerprint density at radius 3 is 2.58 bits per heavy atom. The molecule has 0 radical (unpaired) electrons. The van der Waals surface area contributed by atoms with Crippen molar-refractivity contribution in [1.82, 2.24) is 24.4 Å². The Hall–Kier alpha value is -4.14. The zero-order valence-electron chi connectivity index (χ0n) is 21.9. The van der Waals surface area contributed by atoms with E-state index in [9.17, 15) is 9.59 Å². The van der Waals surface area contributed by atoms with Crippen LogP contribution in [0.2, 0.25) is 0 Å². The van der Waals surface area contributed by atoms with Gasteiger partial charge in [-0.05, 0) is 38.0 Å². The first-order chi connectivity index (χ1) is 17.0. The maximum atomic E-state index is 13.2. The van der Waals surface area contributed by atoms with Gasteiger partial charge in [-0.3, -0.25) is 9.59 Å². The van der Waals surface area contributed by atoms with Gasteiger partial charge < -0.3 is 25.1 Å². The van der Waals surface area contributed by atoms with Gasteiger partial charge in [0, 0.05) is 55.5 Å². The molecule has 4 aromatic rings. The largest absolute Gasteiger partial charge is 0.355 e. The maximum Gasteiger partial charge on any atom is 0.262 e. The van der Waals surface area contributed by atoms with E-state index < -0.39 is 12.9 Å². The predicted molar refractivity (Wildman–Crippen MR) is 131 cm³/mol. The van der Waals surface area contributed by atoms with E-state index in [1.807, 2.05) is 50.0 Å². The third-order valence-corrected chi connectivity index (χ3v) is 5.42. The summed E-state index contributed by atoms with van der Waals surface area (Å²) in [5.74, 6) is 0.0967. The summed E-state index contributed by atoms with van der Waals surface area (Å²) in [6.45, 7) is 3.56. The van der Waals surface area contributed by atoms with Crippen molar-refractivity contribution in [3.8, 4) is 0 Å². The lowest BCUT2D eigenvalue weighted by Gasteiger charge is -2.13. The average molecular weight is 449 g/mol. The third kappa shape index (κ3) is 4.17. The molecule has 170 valence electrons. The zero-order valence-corrected chi connectivity index (χ0v) is 18.9. The summed E-state index contributed by atoms with van der Waals surface area (Å²) in [4.78, 5) is 34.6. The van der Waals surface area contributed by atoms with Crippen LogP contribution in [0.15, 0.2) is 47.8 Å². The van der Waals surface area contributed by atoms with Crippen LogP contribution in [0.4, 0.5) is 23.0 Å². The highest BCUT2D eigenvalue weighted by Gasteiger charge is 2.18. The van der Waals surface area contributed by atoms with Crippen molar-refractivity contribution in [2.75, 3.05) is 17.6 Å². The molecule has 0 spiro atoms. The summed E-state index contributed by atoms with van der Waals surface area (Å²) in [6.07, 6.45) is 6.56. The van der Waals surface area contributed by atoms with Crippen molar-refractivity contribution >= 4 is 39.8 Å². The molecule has 3 N–H and O–H groups in total. The Morgan fingerprint density at radius 1 is 1.09 bits per heavy atom. The van der Waals surface area contributed by atoms with Gasteiger partial charge in [0.05, 0.1) is 27.8 Å². The van der Waals surface area contributed by atoms with Gasteiger partial charge >= 0.3 is 0 Å². The minimum atomic E-state index is -2.68. The molecule has 0 saturated heterocycles. The van der Waals surface area contributed by atoms with E-state index in [1.165, 1.54) is 6.20 Å². The van der Waals surface area contributed by atoms with Crippen molar-refractivity contribution in [3.05, 3.63) is 70.0 Å². The highest BCUT2D eigenvalue weighted by atomic mass is 16.1. The van der Waals surface area contributed by atoms with Gasteiger partial charge in [-0.2, -0.15) is 0 Å². The van der Waals surface area contributed by atoms with E-state index in [0.29, 0.717) is 29.3 Å². The molecular weight excluding hydrogens is 418 g/mol. The second-order valence-electron chi connectivity index (χ2n) is 7.82. The number of hydrogen-bond acceptors (Lipinski definition) is 6. The van der Waals surface area contributed by atoms with Crippen LogP contribution in [0.25, 0.3) is 10.9 Å². The number of carbonyl (C=O) groups excluding carboxylic acids is 1. The minimum absolute atomic E-state index is 0.00835. The molecule has 0 aliphatic rings. The molecular formula is C24H27N7O2. The first-order valence-corrected chi connectivity index (χ1v) is 10.4. The maximum absolute atomic E-state index is 13.2. The van der Waals surface area contributed by atoms with E-state index in [0.717, 1.165) is 16.6 Å². The summed E-state index contributed by atoms with van der Waals surface area (Å²) in [7, 11) is 1.83. The topological polar surface area (TPSA) is 106 Å². The van der Waals surface area contributed by atoms with Gasteiger partial charge in [-0.15, -0.1) is 0 Å². The molecule has 0 fully saturated rings. The third-order valence-electron chi connectivity index (χ3n) is 5.42. The fourth-order valence-corrected chi connectivity index (χ4v) is 3.84. The Kier molecular flexibility index (Phi) is 4.90. The molecule has 4 rings (SSSR count). The quantitative estimate of drug-likeness (QED) is 0.416. The van der Waals surface area contributed by atoms with Gasteiger partial charge in [-0.25, -0.2) is 9.97 Å². The highest BCUT2D eigenvalue weighted by molar-refractivity contribution is 6.02. The van der Waals surface area contributed by atoms with Crippen molar-refractivity contribution in [2.24, 2.45) is 7.05 Å². The monoisotopic (exact) mass is 448 g/mol.